The first kappa shape index (κ1) is 10.7. The minimum Gasteiger partial charge on any atom is -0.308 e. The summed E-state index contributed by atoms with van der Waals surface area (Å²) in [6.07, 6.45) is 0. The molecule has 0 heterocycles. The molecule has 0 saturated carbocycles. The molecule has 72 valence electrons. The quantitative estimate of drug-likeness (QED) is 0.855. The van der Waals surface area contributed by atoms with E-state index in [0.717, 1.165) is 0 Å². The van der Waals surface area contributed by atoms with Gasteiger partial charge in [-0.1, -0.05) is 48.0 Å². The van der Waals surface area contributed by atoms with Gasteiger partial charge >= 0.3 is 0 Å². The number of hydrogen-bond donors (Lipinski definition) is 1. The highest BCUT2D eigenvalue weighted by Crippen LogP contribution is 2.22. The zero-order valence-electron chi connectivity index (χ0n) is 8.34. The van der Waals surface area contributed by atoms with E-state index in [1.807, 2.05) is 6.07 Å². The predicted molar refractivity (Wildman–Crippen MR) is 60.8 cm³/mol. The summed E-state index contributed by atoms with van der Waals surface area (Å²) in [4.78, 5) is 0. The molecule has 1 aromatic carbocycles. The van der Waals surface area contributed by atoms with Crippen LogP contribution < -0.4 is 5.32 Å². The Balaban J connectivity index is 2.76. The van der Waals surface area contributed by atoms with Crippen LogP contribution in [0.25, 0.3) is 0 Å². The maximum Gasteiger partial charge on any atom is 0.0305 e. The van der Waals surface area contributed by atoms with Crippen LogP contribution in [0.3, 0.4) is 0 Å². The van der Waals surface area contributed by atoms with Crippen molar-refractivity contribution in [1.82, 2.24) is 5.32 Å². The van der Waals surface area contributed by atoms with Gasteiger partial charge in [-0.3, -0.25) is 0 Å². The van der Waals surface area contributed by atoms with Gasteiger partial charge in [0.1, 0.15) is 0 Å². The molecule has 0 amide bonds. The van der Waals surface area contributed by atoms with Gasteiger partial charge in [0.05, 0.1) is 0 Å². The maximum atomic E-state index is 3.55. The first-order chi connectivity index (χ1) is 6.11. The third-order valence-corrected chi connectivity index (χ3v) is 2.68. The van der Waals surface area contributed by atoms with E-state index in [2.05, 4.69) is 60.2 Å². The van der Waals surface area contributed by atoms with Crippen molar-refractivity contribution in [2.45, 2.75) is 32.9 Å². The lowest BCUT2D eigenvalue weighted by molar-refractivity contribution is 0.505. The summed E-state index contributed by atoms with van der Waals surface area (Å²) >= 11 is 3.55. The molecule has 1 N–H and O–H groups in total. The van der Waals surface area contributed by atoms with Gasteiger partial charge in [0, 0.05) is 16.6 Å². The van der Waals surface area contributed by atoms with Gasteiger partial charge in [0.15, 0.2) is 0 Å². The third kappa shape index (κ3) is 3.12. The Morgan fingerprint density at radius 1 is 1.15 bits per heavy atom. The Bertz CT molecular complexity index is 271. The average molecular weight is 242 g/mol. The van der Waals surface area contributed by atoms with Crippen molar-refractivity contribution in [3.8, 4) is 0 Å². The van der Waals surface area contributed by atoms with Crippen molar-refractivity contribution in [3.63, 3.8) is 0 Å². The lowest BCUT2D eigenvalue weighted by Gasteiger charge is -2.18. The van der Waals surface area contributed by atoms with Gasteiger partial charge in [-0.2, -0.15) is 0 Å². The normalized spacial score (nSPS) is 13.3. The Hall–Kier alpha value is -0.340. The number of hydrogen-bond acceptors (Lipinski definition) is 1. The molecule has 13 heavy (non-hydrogen) atoms. The molecule has 0 fully saturated rings. The Labute approximate surface area is 88.7 Å². The van der Waals surface area contributed by atoms with Crippen molar-refractivity contribution in [1.29, 1.82) is 0 Å². The van der Waals surface area contributed by atoms with Gasteiger partial charge < -0.3 is 5.32 Å². The Kier molecular flexibility index (Phi) is 3.94. The molecule has 0 unspecified atom stereocenters. The Morgan fingerprint density at radius 3 is 2.31 bits per heavy atom. The van der Waals surface area contributed by atoms with E-state index in [9.17, 15) is 0 Å². The summed E-state index contributed by atoms with van der Waals surface area (Å²) in [5.74, 6) is 0. The smallest absolute Gasteiger partial charge is 0.0305 e. The molecule has 1 nitrogen and oxygen atoms in total. The minimum atomic E-state index is 0.399. The number of rotatable bonds is 3. The molecule has 0 aromatic heterocycles. The van der Waals surface area contributed by atoms with E-state index in [1.165, 1.54) is 10.0 Å². The molecule has 0 saturated heterocycles. The summed E-state index contributed by atoms with van der Waals surface area (Å²) in [7, 11) is 0. The van der Waals surface area contributed by atoms with E-state index in [-0.39, 0.29) is 0 Å². The van der Waals surface area contributed by atoms with Crippen LogP contribution in [0, 0.1) is 0 Å². The summed E-state index contributed by atoms with van der Waals surface area (Å²) in [5.41, 5.74) is 1.32. The van der Waals surface area contributed by atoms with E-state index in [1.54, 1.807) is 0 Å². The van der Waals surface area contributed by atoms with Crippen LogP contribution in [-0.4, -0.2) is 6.04 Å². The van der Waals surface area contributed by atoms with Gasteiger partial charge in [-0.05, 0) is 18.6 Å². The molecule has 0 bridgehead atoms. The van der Waals surface area contributed by atoms with Gasteiger partial charge in [-0.15, -0.1) is 0 Å². The number of halogens is 1. The highest BCUT2D eigenvalue weighted by Gasteiger charge is 2.08. The first-order valence-corrected chi connectivity index (χ1v) is 5.41. The van der Waals surface area contributed by atoms with Crippen molar-refractivity contribution in [2.75, 3.05) is 0 Å². The lowest BCUT2D eigenvalue weighted by atomic mass is 10.1. The van der Waals surface area contributed by atoms with Crippen LogP contribution in [0.15, 0.2) is 28.7 Å². The van der Waals surface area contributed by atoms with E-state index >= 15 is 0 Å². The summed E-state index contributed by atoms with van der Waals surface area (Å²) in [6, 6.07) is 9.24. The molecule has 1 rings (SSSR count). The number of nitrogens with one attached hydrogen (secondary N) is 1. The molecule has 0 aliphatic heterocycles. The molecule has 0 aliphatic rings. The third-order valence-electron chi connectivity index (χ3n) is 1.96. The second kappa shape index (κ2) is 4.77. The first-order valence-electron chi connectivity index (χ1n) is 4.61. The summed E-state index contributed by atoms with van der Waals surface area (Å²) < 4.78 is 1.18. The van der Waals surface area contributed by atoms with Gasteiger partial charge in [0.25, 0.3) is 0 Å². The number of benzene rings is 1. The van der Waals surface area contributed by atoms with E-state index in [0.29, 0.717) is 12.1 Å². The van der Waals surface area contributed by atoms with E-state index in [4.69, 9.17) is 0 Å². The van der Waals surface area contributed by atoms with Crippen LogP contribution in [-0.2, 0) is 0 Å². The fourth-order valence-corrected chi connectivity index (χ4v) is 2.04. The topological polar surface area (TPSA) is 12.0 Å². The highest BCUT2D eigenvalue weighted by atomic mass is 79.9. The van der Waals surface area contributed by atoms with Crippen LogP contribution in [0.2, 0.25) is 0 Å². The lowest BCUT2D eigenvalue weighted by Crippen LogP contribution is -2.26. The van der Waals surface area contributed by atoms with Crippen molar-refractivity contribution in [2.24, 2.45) is 0 Å². The van der Waals surface area contributed by atoms with Crippen molar-refractivity contribution in [3.05, 3.63) is 34.3 Å². The monoisotopic (exact) mass is 241 g/mol. The molecule has 0 radical (unpaired) electrons. The van der Waals surface area contributed by atoms with Crippen LogP contribution in [0.1, 0.15) is 32.4 Å². The van der Waals surface area contributed by atoms with E-state index < -0.39 is 0 Å². The fraction of sp³-hybridized carbons (Fsp3) is 0.455. The Morgan fingerprint density at radius 2 is 1.77 bits per heavy atom. The molecule has 0 aliphatic carbocycles. The maximum absolute atomic E-state index is 3.55. The molecule has 1 aromatic rings. The van der Waals surface area contributed by atoms with Crippen molar-refractivity contribution >= 4 is 15.9 Å². The SMILES string of the molecule is CC(C)N[C@H](C)c1ccccc1Br. The zero-order valence-corrected chi connectivity index (χ0v) is 9.93. The standard InChI is InChI=1S/C11H16BrN/c1-8(2)13-9(3)10-6-4-5-7-11(10)12/h4-9,13H,1-3H3/t9-/m1/s1. The second-order valence-corrected chi connectivity index (χ2v) is 4.42. The molecular weight excluding hydrogens is 226 g/mol. The van der Waals surface area contributed by atoms with Crippen molar-refractivity contribution < 1.29 is 0 Å². The predicted octanol–water partition coefficient (Wildman–Crippen LogP) is 3.51. The summed E-state index contributed by atoms with van der Waals surface area (Å²) in [5, 5.41) is 3.47. The minimum absolute atomic E-state index is 0.399. The van der Waals surface area contributed by atoms with Crippen LogP contribution in [0.5, 0.6) is 0 Å². The van der Waals surface area contributed by atoms with Crippen LogP contribution in [0.4, 0.5) is 0 Å². The second-order valence-electron chi connectivity index (χ2n) is 3.56. The largest absolute Gasteiger partial charge is 0.308 e. The zero-order chi connectivity index (χ0) is 9.84. The molecular formula is C11H16BrN. The van der Waals surface area contributed by atoms with Gasteiger partial charge in [0.2, 0.25) is 0 Å². The average Bonchev–Trinajstić information content (AvgIpc) is 2.03. The van der Waals surface area contributed by atoms with Gasteiger partial charge in [-0.25, -0.2) is 0 Å². The molecule has 0 spiro atoms. The molecule has 2 heteroatoms. The van der Waals surface area contributed by atoms with Crippen LogP contribution >= 0.6 is 15.9 Å². The molecule has 1 atom stereocenters. The highest BCUT2D eigenvalue weighted by molar-refractivity contribution is 9.10. The summed E-state index contributed by atoms with van der Waals surface area (Å²) in [6.45, 7) is 6.50. The fourth-order valence-electron chi connectivity index (χ4n) is 1.42.